The molecule has 0 aromatic heterocycles. The molecule has 0 aromatic rings. The van der Waals surface area contributed by atoms with Crippen LogP contribution in [-0.4, -0.2) is 46.3 Å². The maximum atomic E-state index is 10.1. The number of ether oxygens (including phenoxy) is 1. The fourth-order valence-electron chi connectivity index (χ4n) is 5.47. The van der Waals surface area contributed by atoms with Gasteiger partial charge in [-0.25, -0.2) is 0 Å². The molecule has 3 aliphatic carbocycles. The molecule has 0 aliphatic heterocycles. The lowest BCUT2D eigenvalue weighted by Crippen LogP contribution is -2.35. The zero-order chi connectivity index (χ0) is 22.1. The van der Waals surface area contributed by atoms with Crippen molar-refractivity contribution in [2.75, 3.05) is 6.61 Å². The quantitative estimate of drug-likeness (QED) is 0.559. The number of hydrogen-bond acceptors (Lipinski definition) is 4. The lowest BCUT2D eigenvalue weighted by Gasteiger charge is -2.42. The summed E-state index contributed by atoms with van der Waals surface area (Å²) in [5.41, 5.74) is 4.61. The van der Waals surface area contributed by atoms with Crippen molar-refractivity contribution < 1.29 is 20.1 Å². The molecule has 4 nitrogen and oxygen atoms in total. The van der Waals surface area contributed by atoms with Crippen molar-refractivity contribution in [3.8, 4) is 0 Å². The second kappa shape index (κ2) is 9.52. The third-order valence-electron chi connectivity index (χ3n) is 7.60. The number of rotatable bonds is 6. The molecule has 0 aromatic carbocycles. The Balaban J connectivity index is 1.73. The lowest BCUT2D eigenvalue weighted by molar-refractivity contribution is -0.0146. The van der Waals surface area contributed by atoms with Crippen molar-refractivity contribution in [3.63, 3.8) is 0 Å². The Morgan fingerprint density at radius 1 is 1.27 bits per heavy atom. The van der Waals surface area contributed by atoms with Gasteiger partial charge in [0.2, 0.25) is 0 Å². The van der Waals surface area contributed by atoms with Crippen LogP contribution >= 0.6 is 0 Å². The molecule has 30 heavy (non-hydrogen) atoms. The second-order valence-electron chi connectivity index (χ2n) is 10.1. The maximum absolute atomic E-state index is 10.1. The van der Waals surface area contributed by atoms with Crippen molar-refractivity contribution in [1.29, 1.82) is 0 Å². The summed E-state index contributed by atoms with van der Waals surface area (Å²) in [6, 6.07) is 0. The predicted octanol–water partition coefficient (Wildman–Crippen LogP) is 4.47. The molecule has 2 fully saturated rings. The Kier molecular flexibility index (Phi) is 7.44. The van der Waals surface area contributed by atoms with E-state index in [1.54, 1.807) is 0 Å². The third-order valence-corrected chi connectivity index (χ3v) is 7.60. The van der Waals surface area contributed by atoms with Gasteiger partial charge in [0.15, 0.2) is 0 Å². The van der Waals surface area contributed by atoms with Crippen LogP contribution in [0, 0.1) is 17.3 Å². The molecule has 1 unspecified atom stereocenters. The predicted molar refractivity (Wildman–Crippen MR) is 121 cm³/mol. The van der Waals surface area contributed by atoms with Gasteiger partial charge in [0.1, 0.15) is 0 Å². The van der Waals surface area contributed by atoms with Crippen LogP contribution in [0.25, 0.3) is 0 Å². The first kappa shape index (κ1) is 23.5. The van der Waals surface area contributed by atoms with E-state index >= 15 is 0 Å². The molecule has 6 atom stereocenters. The number of fused-ring (bicyclic) bond motifs is 1. The molecular formula is C26H40O4. The van der Waals surface area contributed by atoms with E-state index in [1.807, 2.05) is 13.8 Å². The third kappa shape index (κ3) is 4.83. The summed E-state index contributed by atoms with van der Waals surface area (Å²) >= 11 is 0. The van der Waals surface area contributed by atoms with Gasteiger partial charge in [0.25, 0.3) is 0 Å². The number of aliphatic hydroxyl groups excluding tert-OH is 3. The molecule has 0 radical (unpaired) electrons. The van der Waals surface area contributed by atoms with E-state index < -0.39 is 18.3 Å². The summed E-state index contributed by atoms with van der Waals surface area (Å²) in [7, 11) is 0. The Morgan fingerprint density at radius 3 is 2.70 bits per heavy atom. The van der Waals surface area contributed by atoms with Gasteiger partial charge in [0, 0.05) is 6.42 Å². The lowest BCUT2D eigenvalue weighted by atomic mass is 9.63. The van der Waals surface area contributed by atoms with Crippen molar-refractivity contribution in [1.82, 2.24) is 0 Å². The highest BCUT2D eigenvalue weighted by atomic mass is 16.5. The molecule has 3 rings (SSSR count). The summed E-state index contributed by atoms with van der Waals surface area (Å²) in [4.78, 5) is 0. The standard InChI is InChI=1S/C26H40O4/c1-16(2)25(29)15-30-18(4)22-10-11-23-19(7-6-12-26(22,23)5)8-9-20-13-21(27)14-24(28)17(20)3/h8-10,16,18,21,23-25,27-29H,3,6-7,11-15H2,1-2,4-5H3/b19-8+,20-9-/t18-,21+,23?,24-,25+,26+/m0/s1. The smallest absolute Gasteiger partial charge is 0.0811 e. The molecule has 2 saturated carbocycles. The molecule has 0 heterocycles. The highest BCUT2D eigenvalue weighted by Crippen LogP contribution is 2.55. The van der Waals surface area contributed by atoms with E-state index in [-0.39, 0.29) is 17.4 Å². The largest absolute Gasteiger partial charge is 0.393 e. The summed E-state index contributed by atoms with van der Waals surface area (Å²) in [6.45, 7) is 12.9. The van der Waals surface area contributed by atoms with Crippen LogP contribution in [0.15, 0.2) is 47.1 Å². The van der Waals surface area contributed by atoms with Crippen LogP contribution < -0.4 is 0 Å². The average Bonchev–Trinajstić information content (AvgIpc) is 3.04. The van der Waals surface area contributed by atoms with Crippen LogP contribution in [0.1, 0.15) is 66.2 Å². The van der Waals surface area contributed by atoms with E-state index in [1.165, 1.54) is 11.1 Å². The first-order valence-corrected chi connectivity index (χ1v) is 11.6. The monoisotopic (exact) mass is 416 g/mol. The Labute approximate surface area is 182 Å². The van der Waals surface area contributed by atoms with Crippen LogP contribution in [0.4, 0.5) is 0 Å². The van der Waals surface area contributed by atoms with Gasteiger partial charge < -0.3 is 20.1 Å². The van der Waals surface area contributed by atoms with E-state index in [0.29, 0.717) is 25.4 Å². The van der Waals surface area contributed by atoms with Gasteiger partial charge in [-0.05, 0) is 73.0 Å². The first-order chi connectivity index (χ1) is 14.1. The summed E-state index contributed by atoms with van der Waals surface area (Å²) in [5.74, 6) is 0.660. The zero-order valence-electron chi connectivity index (χ0n) is 19.1. The van der Waals surface area contributed by atoms with Crippen molar-refractivity contribution >= 4 is 0 Å². The van der Waals surface area contributed by atoms with Gasteiger partial charge >= 0.3 is 0 Å². The Hall–Kier alpha value is -1.20. The van der Waals surface area contributed by atoms with E-state index in [2.05, 4.69) is 38.7 Å². The number of aliphatic hydroxyl groups is 3. The maximum Gasteiger partial charge on any atom is 0.0811 e. The van der Waals surface area contributed by atoms with Crippen LogP contribution in [-0.2, 0) is 4.74 Å². The van der Waals surface area contributed by atoms with Gasteiger partial charge in [-0.15, -0.1) is 0 Å². The summed E-state index contributed by atoms with van der Waals surface area (Å²) in [5, 5.41) is 30.2. The highest BCUT2D eigenvalue weighted by Gasteiger charge is 2.46. The van der Waals surface area contributed by atoms with Crippen LogP contribution in [0.3, 0.4) is 0 Å². The summed E-state index contributed by atoms with van der Waals surface area (Å²) < 4.78 is 6.07. The van der Waals surface area contributed by atoms with E-state index in [9.17, 15) is 15.3 Å². The van der Waals surface area contributed by atoms with Gasteiger partial charge in [-0.3, -0.25) is 0 Å². The number of allylic oxidation sites excluding steroid dienone is 4. The SMILES string of the molecule is C=C1/C(=C\C=C2/CCC[C@]3(C)C([C@H](C)OC[C@@H](O)C(C)C)=CCC23)C[C@@H](O)C[C@@H]1O. The Morgan fingerprint density at radius 2 is 2.00 bits per heavy atom. The second-order valence-corrected chi connectivity index (χ2v) is 10.1. The molecule has 0 saturated heterocycles. The molecule has 3 N–H and O–H groups in total. The fraction of sp³-hybridized carbons (Fsp3) is 0.692. The van der Waals surface area contributed by atoms with Gasteiger partial charge in [-0.2, -0.15) is 0 Å². The van der Waals surface area contributed by atoms with Crippen molar-refractivity contribution in [2.24, 2.45) is 17.3 Å². The van der Waals surface area contributed by atoms with Crippen molar-refractivity contribution in [3.05, 3.63) is 47.1 Å². The van der Waals surface area contributed by atoms with Crippen molar-refractivity contribution in [2.45, 2.75) is 90.6 Å². The average molecular weight is 417 g/mol. The topological polar surface area (TPSA) is 69.9 Å². The van der Waals surface area contributed by atoms with Crippen LogP contribution in [0.2, 0.25) is 0 Å². The van der Waals surface area contributed by atoms with Crippen LogP contribution in [0.5, 0.6) is 0 Å². The normalized spacial score (nSPS) is 36.9. The molecule has 0 spiro atoms. The fourth-order valence-corrected chi connectivity index (χ4v) is 5.47. The summed E-state index contributed by atoms with van der Waals surface area (Å²) in [6.07, 6.45) is 10.4. The van der Waals surface area contributed by atoms with Gasteiger partial charge in [0.05, 0.1) is 31.0 Å². The minimum Gasteiger partial charge on any atom is -0.393 e. The highest BCUT2D eigenvalue weighted by molar-refractivity contribution is 5.40. The minimum absolute atomic E-state index is 0.00882. The molecular weight excluding hydrogens is 376 g/mol. The molecule has 4 heteroatoms. The molecule has 0 bridgehead atoms. The van der Waals surface area contributed by atoms with E-state index in [4.69, 9.17) is 4.74 Å². The molecule has 0 amide bonds. The Bertz CT molecular complexity index is 731. The molecule has 3 aliphatic rings. The zero-order valence-corrected chi connectivity index (χ0v) is 19.1. The first-order valence-electron chi connectivity index (χ1n) is 11.6. The van der Waals surface area contributed by atoms with E-state index in [0.717, 1.165) is 36.8 Å². The van der Waals surface area contributed by atoms with Gasteiger partial charge in [-0.1, -0.05) is 51.2 Å². The number of hydrogen-bond donors (Lipinski definition) is 3. The molecule has 168 valence electrons. The minimum atomic E-state index is -0.644.